The molecule has 3 aromatic carbocycles. The van der Waals surface area contributed by atoms with Gasteiger partial charge in [0, 0.05) is 30.9 Å². The van der Waals surface area contributed by atoms with E-state index >= 15 is 0 Å². The average Bonchev–Trinajstić information content (AvgIpc) is 2.86. The van der Waals surface area contributed by atoms with Crippen molar-refractivity contribution in [3.05, 3.63) is 94.0 Å². The number of rotatable bonds is 11. The Labute approximate surface area is 199 Å². The summed E-state index contributed by atoms with van der Waals surface area (Å²) >= 11 is 0. The number of nitro benzene ring substituents is 1. The summed E-state index contributed by atoms with van der Waals surface area (Å²) in [5.74, 6) is 1.23. The number of non-ortho nitro benzene ring substituents is 1. The second-order valence-corrected chi connectivity index (χ2v) is 7.77. The van der Waals surface area contributed by atoms with E-state index in [1.807, 2.05) is 48.5 Å². The maximum Gasteiger partial charge on any atom is 0.322 e. The molecule has 3 aromatic rings. The van der Waals surface area contributed by atoms with E-state index in [0.717, 1.165) is 24.0 Å². The van der Waals surface area contributed by atoms with Crippen LogP contribution in [0.5, 0.6) is 11.5 Å². The molecule has 2 amide bonds. The van der Waals surface area contributed by atoms with Crippen molar-refractivity contribution >= 4 is 17.4 Å². The smallest absolute Gasteiger partial charge is 0.322 e. The van der Waals surface area contributed by atoms with Gasteiger partial charge in [-0.2, -0.15) is 0 Å². The number of anilines is 1. The molecule has 0 fully saturated rings. The van der Waals surface area contributed by atoms with Gasteiger partial charge < -0.3 is 19.7 Å². The second kappa shape index (κ2) is 12.2. The van der Waals surface area contributed by atoms with E-state index in [2.05, 4.69) is 12.2 Å². The summed E-state index contributed by atoms with van der Waals surface area (Å²) in [5, 5.41) is 13.7. The van der Waals surface area contributed by atoms with Crippen LogP contribution in [0.3, 0.4) is 0 Å². The first-order chi connectivity index (χ1) is 16.5. The molecule has 0 bridgehead atoms. The first-order valence-corrected chi connectivity index (χ1v) is 11.1. The number of unbranched alkanes of at least 4 members (excludes halogenated alkanes) is 1. The van der Waals surface area contributed by atoms with Gasteiger partial charge in [-0.15, -0.1) is 0 Å². The zero-order valence-corrected chi connectivity index (χ0v) is 19.4. The van der Waals surface area contributed by atoms with E-state index in [-0.39, 0.29) is 11.7 Å². The van der Waals surface area contributed by atoms with Gasteiger partial charge in [0.2, 0.25) is 0 Å². The van der Waals surface area contributed by atoms with Gasteiger partial charge >= 0.3 is 6.03 Å². The highest BCUT2D eigenvalue weighted by Crippen LogP contribution is 2.29. The molecule has 1 N–H and O–H groups in total. The Morgan fingerprint density at radius 1 is 1.00 bits per heavy atom. The molecule has 0 aliphatic heterocycles. The Morgan fingerprint density at radius 2 is 1.74 bits per heavy atom. The summed E-state index contributed by atoms with van der Waals surface area (Å²) in [4.78, 5) is 25.0. The molecule has 0 radical (unpaired) electrons. The van der Waals surface area contributed by atoms with Crippen molar-refractivity contribution in [2.45, 2.75) is 32.9 Å². The number of nitrogens with zero attached hydrogens (tertiary/aromatic N) is 2. The van der Waals surface area contributed by atoms with E-state index in [0.29, 0.717) is 36.9 Å². The van der Waals surface area contributed by atoms with E-state index < -0.39 is 4.92 Å². The van der Waals surface area contributed by atoms with E-state index in [1.54, 1.807) is 12.0 Å². The summed E-state index contributed by atoms with van der Waals surface area (Å²) in [6, 6.07) is 21.0. The number of hydrogen-bond acceptors (Lipinski definition) is 5. The lowest BCUT2D eigenvalue weighted by atomic mass is 10.1. The number of urea groups is 1. The van der Waals surface area contributed by atoms with Gasteiger partial charge in [0.1, 0.15) is 6.61 Å². The number of benzene rings is 3. The van der Waals surface area contributed by atoms with E-state index in [9.17, 15) is 14.9 Å². The number of carbonyl (C=O) groups is 1. The number of carbonyl (C=O) groups excluding carboxylic acids is 1. The predicted molar refractivity (Wildman–Crippen MR) is 131 cm³/mol. The van der Waals surface area contributed by atoms with Crippen molar-refractivity contribution in [1.29, 1.82) is 0 Å². The van der Waals surface area contributed by atoms with Gasteiger partial charge in [-0.1, -0.05) is 49.7 Å². The van der Waals surface area contributed by atoms with Gasteiger partial charge in [-0.25, -0.2) is 4.79 Å². The Balaban J connectivity index is 1.69. The third-order valence-corrected chi connectivity index (χ3v) is 5.24. The van der Waals surface area contributed by atoms with Crippen molar-refractivity contribution < 1.29 is 19.2 Å². The SMILES string of the molecule is CCCCN(Cc1ccc(OCc2ccccc2)c(OC)c1)C(=O)Nc1ccc([N+](=O)[O-])cc1. The Bertz CT molecular complexity index is 1090. The Morgan fingerprint density at radius 3 is 2.38 bits per heavy atom. The lowest BCUT2D eigenvalue weighted by Gasteiger charge is -2.23. The summed E-state index contributed by atoms with van der Waals surface area (Å²) in [5.41, 5.74) is 2.43. The minimum atomic E-state index is -0.472. The topological polar surface area (TPSA) is 93.9 Å². The van der Waals surface area contributed by atoms with Crippen LogP contribution in [-0.4, -0.2) is 29.5 Å². The molecule has 0 saturated carbocycles. The normalized spacial score (nSPS) is 10.4. The van der Waals surface area contributed by atoms with Crippen LogP contribution in [0.2, 0.25) is 0 Å². The minimum Gasteiger partial charge on any atom is -0.493 e. The summed E-state index contributed by atoms with van der Waals surface area (Å²) < 4.78 is 11.5. The monoisotopic (exact) mass is 463 g/mol. The van der Waals surface area contributed by atoms with Crippen LogP contribution in [0, 0.1) is 10.1 Å². The predicted octanol–water partition coefficient (Wildman–Crippen LogP) is 6.02. The second-order valence-electron chi connectivity index (χ2n) is 7.77. The maximum absolute atomic E-state index is 12.9. The van der Waals surface area contributed by atoms with Crippen LogP contribution >= 0.6 is 0 Å². The summed E-state index contributed by atoms with van der Waals surface area (Å²) in [7, 11) is 1.59. The molecule has 0 atom stereocenters. The minimum absolute atomic E-state index is 0.0255. The Kier molecular flexibility index (Phi) is 8.85. The molecular formula is C26H29N3O5. The van der Waals surface area contributed by atoms with Gasteiger partial charge in [-0.05, 0) is 41.8 Å². The van der Waals surface area contributed by atoms with Crippen molar-refractivity contribution in [3.63, 3.8) is 0 Å². The quantitative estimate of drug-likeness (QED) is 0.277. The lowest BCUT2D eigenvalue weighted by molar-refractivity contribution is -0.384. The van der Waals surface area contributed by atoms with Gasteiger partial charge in [0.05, 0.1) is 12.0 Å². The van der Waals surface area contributed by atoms with Crippen LogP contribution in [0.4, 0.5) is 16.2 Å². The van der Waals surface area contributed by atoms with E-state index in [4.69, 9.17) is 9.47 Å². The molecular weight excluding hydrogens is 434 g/mol. The molecule has 8 nitrogen and oxygen atoms in total. The van der Waals surface area contributed by atoms with Crippen molar-refractivity contribution in [2.75, 3.05) is 19.0 Å². The molecule has 0 spiro atoms. The zero-order valence-electron chi connectivity index (χ0n) is 19.4. The third-order valence-electron chi connectivity index (χ3n) is 5.24. The average molecular weight is 464 g/mol. The molecule has 0 aliphatic rings. The van der Waals surface area contributed by atoms with Crippen molar-refractivity contribution in [1.82, 2.24) is 4.90 Å². The zero-order chi connectivity index (χ0) is 24.3. The van der Waals surface area contributed by atoms with Crippen molar-refractivity contribution in [2.24, 2.45) is 0 Å². The van der Waals surface area contributed by atoms with Crippen LogP contribution in [0.25, 0.3) is 0 Å². The number of hydrogen-bond donors (Lipinski definition) is 1. The first-order valence-electron chi connectivity index (χ1n) is 11.1. The molecule has 0 aliphatic carbocycles. The van der Waals surface area contributed by atoms with Crippen LogP contribution in [-0.2, 0) is 13.2 Å². The van der Waals surface area contributed by atoms with Gasteiger partial charge in [-0.3, -0.25) is 10.1 Å². The fraction of sp³-hybridized carbons (Fsp3) is 0.269. The number of ether oxygens (including phenoxy) is 2. The largest absolute Gasteiger partial charge is 0.493 e. The number of amides is 2. The molecule has 34 heavy (non-hydrogen) atoms. The molecule has 0 saturated heterocycles. The highest BCUT2D eigenvalue weighted by molar-refractivity contribution is 5.89. The Hall–Kier alpha value is -4.07. The molecule has 0 heterocycles. The van der Waals surface area contributed by atoms with E-state index in [1.165, 1.54) is 24.3 Å². The van der Waals surface area contributed by atoms with Crippen LogP contribution < -0.4 is 14.8 Å². The van der Waals surface area contributed by atoms with Gasteiger partial charge in [0.25, 0.3) is 5.69 Å². The van der Waals surface area contributed by atoms with Gasteiger partial charge in [0.15, 0.2) is 11.5 Å². The molecule has 8 heteroatoms. The first kappa shape index (κ1) is 24.6. The number of methoxy groups -OCH3 is 1. The third kappa shape index (κ3) is 6.96. The fourth-order valence-electron chi connectivity index (χ4n) is 3.36. The maximum atomic E-state index is 12.9. The lowest BCUT2D eigenvalue weighted by Crippen LogP contribution is -2.35. The summed E-state index contributed by atoms with van der Waals surface area (Å²) in [6.07, 6.45) is 1.79. The molecule has 3 rings (SSSR count). The van der Waals surface area contributed by atoms with Crippen molar-refractivity contribution in [3.8, 4) is 11.5 Å². The highest BCUT2D eigenvalue weighted by Gasteiger charge is 2.16. The van der Waals surface area contributed by atoms with Crippen LogP contribution in [0.1, 0.15) is 30.9 Å². The highest BCUT2D eigenvalue weighted by atomic mass is 16.6. The molecule has 178 valence electrons. The number of nitrogens with one attached hydrogen (secondary N) is 1. The molecule has 0 unspecified atom stereocenters. The molecule has 0 aromatic heterocycles. The fourth-order valence-corrected chi connectivity index (χ4v) is 3.36. The summed E-state index contributed by atoms with van der Waals surface area (Å²) in [6.45, 7) is 3.45. The van der Waals surface area contributed by atoms with Crippen LogP contribution in [0.15, 0.2) is 72.8 Å². The standard InChI is InChI=1S/C26H29N3O5/c1-3-4-16-28(26(30)27-22-11-13-23(14-12-22)29(31)32)18-21-10-15-24(25(17-21)33-2)34-19-20-8-6-5-7-9-20/h5-15,17H,3-4,16,18-19H2,1-2H3,(H,27,30). The number of nitro groups is 1.